The average Bonchev–Trinajstić information content (AvgIpc) is 2.18. The first-order valence-corrected chi connectivity index (χ1v) is 5.39. The molecule has 0 heterocycles. The van der Waals surface area contributed by atoms with Gasteiger partial charge in [0.25, 0.3) is 0 Å². The van der Waals surface area contributed by atoms with Crippen LogP contribution in [0.1, 0.15) is 6.92 Å². The Morgan fingerprint density at radius 3 is 2.86 bits per heavy atom. The molecule has 0 aliphatic heterocycles. The van der Waals surface area contributed by atoms with Crippen LogP contribution in [0.3, 0.4) is 0 Å². The number of likely N-dealkylation sites (N-methyl/N-ethyl adjacent to an activating group) is 1. The van der Waals surface area contributed by atoms with Crippen molar-refractivity contribution in [2.24, 2.45) is 0 Å². The Labute approximate surface area is 94.2 Å². The Hall–Kier alpha value is -0.440. The number of nitrogens with two attached hydrogens (primary N) is 1. The molecule has 1 aromatic carbocycles. The second-order valence-electron chi connectivity index (χ2n) is 2.91. The third kappa shape index (κ3) is 3.74. The Kier molecular flexibility index (Phi) is 5.09. The van der Waals surface area contributed by atoms with E-state index < -0.39 is 0 Å². The maximum absolute atomic E-state index is 5.92. The monoisotopic (exact) mass is 234 g/mol. The molecule has 1 aromatic rings. The predicted octanol–water partition coefficient (Wildman–Crippen LogP) is 1.96. The van der Waals surface area contributed by atoms with E-state index in [4.69, 9.17) is 27.9 Å². The number of hydrogen-bond acceptors (Lipinski definition) is 1. The fourth-order valence-electron chi connectivity index (χ4n) is 1.04. The smallest absolute Gasteiger partial charge is 0.139 e. The van der Waals surface area contributed by atoms with Crippen LogP contribution in [0, 0.1) is 0 Å². The van der Waals surface area contributed by atoms with Gasteiger partial charge in [0.1, 0.15) is 18.9 Å². The molecule has 0 spiro atoms. The van der Waals surface area contributed by atoms with E-state index in [9.17, 15) is 0 Å². The Bertz CT molecular complexity index is 291. The number of rotatable bonds is 5. The quantitative estimate of drug-likeness (QED) is 0.775. The van der Waals surface area contributed by atoms with E-state index in [0.29, 0.717) is 22.4 Å². The zero-order valence-corrected chi connectivity index (χ0v) is 9.61. The number of halogens is 2. The fraction of sp³-hybridized carbons (Fsp3) is 0.400. The summed E-state index contributed by atoms with van der Waals surface area (Å²) in [7, 11) is 0. The van der Waals surface area contributed by atoms with Gasteiger partial charge in [0.05, 0.1) is 11.6 Å². The van der Waals surface area contributed by atoms with Crippen molar-refractivity contribution >= 4 is 23.2 Å². The second kappa shape index (κ2) is 6.12. The van der Waals surface area contributed by atoms with Gasteiger partial charge in [-0.15, -0.1) is 0 Å². The molecule has 0 radical (unpaired) electrons. The van der Waals surface area contributed by atoms with Crippen LogP contribution in [0.4, 0.5) is 0 Å². The Balaban J connectivity index is 2.45. The highest BCUT2D eigenvalue weighted by Crippen LogP contribution is 2.27. The van der Waals surface area contributed by atoms with Gasteiger partial charge in [-0.25, -0.2) is 0 Å². The van der Waals surface area contributed by atoms with Gasteiger partial charge in [0.2, 0.25) is 0 Å². The number of ether oxygens (including phenoxy) is 1. The molecule has 0 atom stereocenters. The van der Waals surface area contributed by atoms with Crippen molar-refractivity contribution in [2.45, 2.75) is 6.92 Å². The molecule has 0 aliphatic rings. The molecule has 0 saturated carbocycles. The lowest BCUT2D eigenvalue weighted by Crippen LogP contribution is -2.84. The van der Waals surface area contributed by atoms with Gasteiger partial charge in [-0.2, -0.15) is 0 Å². The van der Waals surface area contributed by atoms with E-state index in [0.717, 1.165) is 13.1 Å². The zero-order chi connectivity index (χ0) is 10.4. The highest BCUT2D eigenvalue weighted by Gasteiger charge is 2.02. The predicted molar refractivity (Wildman–Crippen MR) is 59.3 cm³/mol. The highest BCUT2D eigenvalue weighted by atomic mass is 35.5. The van der Waals surface area contributed by atoms with Gasteiger partial charge < -0.3 is 10.1 Å². The first-order chi connectivity index (χ1) is 6.74. The molecular formula is C10H14Cl2NO+. The topological polar surface area (TPSA) is 25.8 Å². The molecule has 0 aromatic heterocycles. The first-order valence-electron chi connectivity index (χ1n) is 4.63. The lowest BCUT2D eigenvalue weighted by atomic mass is 10.3. The minimum atomic E-state index is 0.603. The van der Waals surface area contributed by atoms with Gasteiger partial charge in [0, 0.05) is 11.1 Å². The van der Waals surface area contributed by atoms with E-state index >= 15 is 0 Å². The molecule has 78 valence electrons. The summed E-state index contributed by atoms with van der Waals surface area (Å²) in [6, 6.07) is 5.22. The van der Waals surface area contributed by atoms with E-state index in [2.05, 4.69) is 12.2 Å². The summed E-state index contributed by atoms with van der Waals surface area (Å²) >= 11 is 11.7. The Morgan fingerprint density at radius 1 is 1.36 bits per heavy atom. The summed E-state index contributed by atoms with van der Waals surface area (Å²) in [6.07, 6.45) is 0. The zero-order valence-electron chi connectivity index (χ0n) is 8.09. The lowest BCUT2D eigenvalue weighted by Gasteiger charge is -2.06. The van der Waals surface area contributed by atoms with E-state index in [1.165, 1.54) is 0 Å². The summed E-state index contributed by atoms with van der Waals surface area (Å²) in [6.45, 7) is 4.74. The van der Waals surface area contributed by atoms with Gasteiger partial charge in [-0.3, -0.25) is 0 Å². The van der Waals surface area contributed by atoms with Crippen molar-refractivity contribution in [2.75, 3.05) is 19.7 Å². The molecule has 0 aliphatic carbocycles. The molecule has 0 bridgehead atoms. The van der Waals surface area contributed by atoms with Crippen LogP contribution < -0.4 is 10.1 Å². The van der Waals surface area contributed by atoms with Crippen LogP contribution in [0.5, 0.6) is 5.75 Å². The summed E-state index contributed by atoms with van der Waals surface area (Å²) in [5.41, 5.74) is 0. The van der Waals surface area contributed by atoms with Gasteiger partial charge >= 0.3 is 0 Å². The summed E-state index contributed by atoms with van der Waals surface area (Å²) in [5.74, 6) is 0.656. The van der Waals surface area contributed by atoms with Crippen LogP contribution >= 0.6 is 23.2 Å². The SMILES string of the molecule is CC[NH2+]CCOc1cc(Cl)ccc1Cl. The second-order valence-corrected chi connectivity index (χ2v) is 3.75. The minimum Gasteiger partial charge on any atom is -0.486 e. The van der Waals surface area contributed by atoms with Crippen molar-refractivity contribution in [3.63, 3.8) is 0 Å². The lowest BCUT2D eigenvalue weighted by molar-refractivity contribution is -0.652. The van der Waals surface area contributed by atoms with Crippen LogP contribution in [-0.2, 0) is 0 Å². The first kappa shape index (κ1) is 11.6. The molecule has 14 heavy (non-hydrogen) atoms. The van der Waals surface area contributed by atoms with Gasteiger partial charge in [-0.05, 0) is 19.1 Å². The number of quaternary nitrogens is 1. The number of hydrogen-bond donors (Lipinski definition) is 1. The molecule has 0 saturated heterocycles. The third-order valence-corrected chi connectivity index (χ3v) is 2.31. The average molecular weight is 235 g/mol. The summed E-state index contributed by atoms with van der Waals surface area (Å²) in [5, 5.41) is 3.41. The standard InChI is InChI=1S/C10H13Cl2NO/c1-2-13-5-6-14-10-7-8(11)3-4-9(10)12/h3-4,7,13H,2,5-6H2,1H3/p+1. The summed E-state index contributed by atoms with van der Waals surface area (Å²) in [4.78, 5) is 0. The van der Waals surface area contributed by atoms with Crippen molar-refractivity contribution in [1.82, 2.24) is 0 Å². The molecule has 0 fully saturated rings. The molecule has 4 heteroatoms. The molecule has 2 nitrogen and oxygen atoms in total. The van der Waals surface area contributed by atoms with Crippen molar-refractivity contribution in [3.8, 4) is 5.75 Å². The highest BCUT2D eigenvalue weighted by molar-refractivity contribution is 6.34. The van der Waals surface area contributed by atoms with Gasteiger partial charge in [-0.1, -0.05) is 23.2 Å². The van der Waals surface area contributed by atoms with Crippen molar-refractivity contribution in [3.05, 3.63) is 28.2 Å². The maximum atomic E-state index is 5.92. The van der Waals surface area contributed by atoms with Crippen LogP contribution in [0.2, 0.25) is 10.0 Å². The number of benzene rings is 1. The van der Waals surface area contributed by atoms with Gasteiger partial charge in [0.15, 0.2) is 0 Å². The van der Waals surface area contributed by atoms with E-state index in [1.54, 1.807) is 18.2 Å². The Morgan fingerprint density at radius 2 is 2.14 bits per heavy atom. The van der Waals surface area contributed by atoms with Crippen molar-refractivity contribution < 1.29 is 10.1 Å². The normalized spacial score (nSPS) is 10.2. The molecule has 2 N–H and O–H groups in total. The van der Waals surface area contributed by atoms with E-state index in [-0.39, 0.29) is 0 Å². The fourth-order valence-corrected chi connectivity index (χ4v) is 1.38. The van der Waals surface area contributed by atoms with Crippen molar-refractivity contribution in [1.29, 1.82) is 0 Å². The van der Waals surface area contributed by atoms with Crippen LogP contribution in [0.15, 0.2) is 18.2 Å². The largest absolute Gasteiger partial charge is 0.486 e. The minimum absolute atomic E-state index is 0.603. The molecule has 1 rings (SSSR count). The third-order valence-electron chi connectivity index (χ3n) is 1.76. The molecule has 0 amide bonds. The maximum Gasteiger partial charge on any atom is 0.139 e. The van der Waals surface area contributed by atoms with Crippen LogP contribution in [0.25, 0.3) is 0 Å². The molecular weight excluding hydrogens is 221 g/mol. The van der Waals surface area contributed by atoms with E-state index in [1.807, 2.05) is 0 Å². The molecule has 0 unspecified atom stereocenters. The summed E-state index contributed by atoms with van der Waals surface area (Å²) < 4.78 is 5.47. The van der Waals surface area contributed by atoms with Crippen LogP contribution in [-0.4, -0.2) is 19.7 Å².